The van der Waals surface area contributed by atoms with Crippen LogP contribution < -0.4 is 0 Å². The van der Waals surface area contributed by atoms with Crippen LogP contribution in [0.25, 0.3) is 0 Å². The number of aliphatic hydroxyl groups excluding tert-OH is 1. The van der Waals surface area contributed by atoms with Crippen molar-refractivity contribution in [3.8, 4) is 0 Å². The van der Waals surface area contributed by atoms with Crippen LogP contribution >= 0.6 is 0 Å². The molecule has 5 heteroatoms. The van der Waals surface area contributed by atoms with Gasteiger partial charge in [0.05, 0.1) is 18.7 Å². The van der Waals surface area contributed by atoms with Crippen LogP contribution in [0, 0.1) is 0 Å². The van der Waals surface area contributed by atoms with Crippen molar-refractivity contribution in [2.75, 3.05) is 19.7 Å². The Balaban J connectivity index is 1.78. The maximum absolute atomic E-state index is 13.0. The van der Waals surface area contributed by atoms with Gasteiger partial charge >= 0.3 is 0 Å². The molecule has 26 heavy (non-hydrogen) atoms. The monoisotopic (exact) mass is 355 g/mol. The lowest BCUT2D eigenvalue weighted by Gasteiger charge is -2.27. The lowest BCUT2D eigenvalue weighted by molar-refractivity contribution is -0.129. The summed E-state index contributed by atoms with van der Waals surface area (Å²) in [6, 6.07) is 10.1. The third-order valence-electron chi connectivity index (χ3n) is 5.75. The Hall–Kier alpha value is -2.14. The predicted molar refractivity (Wildman–Crippen MR) is 102 cm³/mol. The zero-order chi connectivity index (χ0) is 18.7. The summed E-state index contributed by atoms with van der Waals surface area (Å²) in [6.45, 7) is 5.52. The van der Waals surface area contributed by atoms with Crippen molar-refractivity contribution in [2.24, 2.45) is 7.05 Å². The molecule has 5 nitrogen and oxygen atoms in total. The van der Waals surface area contributed by atoms with E-state index in [9.17, 15) is 9.90 Å². The first-order valence-electron chi connectivity index (χ1n) is 9.52. The fraction of sp³-hybridized carbons (Fsp3) is 0.524. The Morgan fingerprint density at radius 1 is 1.23 bits per heavy atom. The van der Waals surface area contributed by atoms with E-state index in [0.29, 0.717) is 19.5 Å². The molecule has 1 fully saturated rings. The number of aryl methyl sites for hydroxylation is 2. The highest BCUT2D eigenvalue weighted by atomic mass is 16.3. The second kappa shape index (κ2) is 7.62. The predicted octanol–water partition coefficient (Wildman–Crippen LogP) is 2.25. The first kappa shape index (κ1) is 18.6. The van der Waals surface area contributed by atoms with Gasteiger partial charge in [0, 0.05) is 36.8 Å². The summed E-state index contributed by atoms with van der Waals surface area (Å²) in [5.74, 6) is 0.133. The van der Waals surface area contributed by atoms with E-state index in [0.717, 1.165) is 41.8 Å². The van der Waals surface area contributed by atoms with Crippen molar-refractivity contribution in [1.82, 2.24) is 14.7 Å². The molecule has 1 amide bonds. The fourth-order valence-corrected chi connectivity index (χ4v) is 4.19. The van der Waals surface area contributed by atoms with E-state index in [1.54, 1.807) is 0 Å². The van der Waals surface area contributed by atoms with Crippen LogP contribution in [0.3, 0.4) is 0 Å². The smallest absolute Gasteiger partial charge is 0.227 e. The topological polar surface area (TPSA) is 58.4 Å². The average Bonchev–Trinajstić information content (AvgIpc) is 3.24. The average molecular weight is 355 g/mol. The third kappa shape index (κ3) is 3.28. The van der Waals surface area contributed by atoms with Crippen molar-refractivity contribution < 1.29 is 9.90 Å². The fourth-order valence-electron chi connectivity index (χ4n) is 4.19. The molecule has 0 spiro atoms. The minimum absolute atomic E-state index is 0.0636. The molecule has 140 valence electrons. The minimum Gasteiger partial charge on any atom is -0.395 e. The molecule has 1 unspecified atom stereocenters. The van der Waals surface area contributed by atoms with Crippen molar-refractivity contribution in [3.63, 3.8) is 0 Å². The van der Waals surface area contributed by atoms with Gasteiger partial charge in [0.25, 0.3) is 0 Å². The van der Waals surface area contributed by atoms with E-state index in [2.05, 4.69) is 31.1 Å². The number of aromatic nitrogens is 2. The van der Waals surface area contributed by atoms with Gasteiger partial charge in [0.1, 0.15) is 0 Å². The standard InChI is InChI=1S/C21H29N3O2/c1-4-18-17(19(5-2)23(3)22-18)13-20(26)24-12-11-21(14-24,15-25)16-9-7-6-8-10-16/h6-10,25H,4-5,11-15H2,1-3H3. The summed E-state index contributed by atoms with van der Waals surface area (Å²) in [5, 5.41) is 14.7. The molecule has 1 atom stereocenters. The van der Waals surface area contributed by atoms with Crippen molar-refractivity contribution in [2.45, 2.75) is 44.9 Å². The highest BCUT2D eigenvalue weighted by molar-refractivity contribution is 5.80. The quantitative estimate of drug-likeness (QED) is 0.865. The molecule has 1 N–H and O–H groups in total. The zero-order valence-corrected chi connectivity index (χ0v) is 16.0. The van der Waals surface area contributed by atoms with Crippen LogP contribution in [0.15, 0.2) is 30.3 Å². The first-order chi connectivity index (χ1) is 12.5. The van der Waals surface area contributed by atoms with Gasteiger partial charge in [-0.25, -0.2) is 0 Å². The molecule has 2 heterocycles. The van der Waals surface area contributed by atoms with Crippen molar-refractivity contribution in [1.29, 1.82) is 0 Å². The van der Waals surface area contributed by atoms with Crippen LogP contribution in [0.2, 0.25) is 0 Å². The van der Waals surface area contributed by atoms with Gasteiger partial charge in [-0.2, -0.15) is 5.10 Å². The van der Waals surface area contributed by atoms with Gasteiger partial charge in [-0.3, -0.25) is 9.48 Å². The van der Waals surface area contributed by atoms with Crippen LogP contribution in [-0.4, -0.2) is 45.4 Å². The Kier molecular flexibility index (Phi) is 5.47. The SMILES string of the molecule is CCc1nn(C)c(CC)c1CC(=O)N1CCC(CO)(c2ccccc2)C1. The number of amides is 1. The maximum atomic E-state index is 13.0. The van der Waals surface area contributed by atoms with Gasteiger partial charge in [-0.05, 0) is 24.8 Å². The molecular formula is C21H29N3O2. The van der Waals surface area contributed by atoms with E-state index >= 15 is 0 Å². The number of likely N-dealkylation sites (tertiary alicyclic amines) is 1. The van der Waals surface area contributed by atoms with Crippen molar-refractivity contribution in [3.05, 3.63) is 52.8 Å². The molecule has 0 saturated carbocycles. The third-order valence-corrected chi connectivity index (χ3v) is 5.75. The van der Waals surface area contributed by atoms with Crippen LogP contribution in [0.1, 0.15) is 42.8 Å². The Bertz CT molecular complexity index is 769. The summed E-state index contributed by atoms with van der Waals surface area (Å²) in [5.41, 5.74) is 4.03. The lowest BCUT2D eigenvalue weighted by Crippen LogP contribution is -2.37. The van der Waals surface area contributed by atoms with E-state index in [-0.39, 0.29) is 17.9 Å². The number of benzene rings is 1. The molecule has 1 saturated heterocycles. The number of nitrogens with zero attached hydrogens (tertiary/aromatic N) is 3. The number of hydrogen-bond donors (Lipinski definition) is 1. The summed E-state index contributed by atoms with van der Waals surface area (Å²) >= 11 is 0. The Morgan fingerprint density at radius 2 is 1.96 bits per heavy atom. The molecule has 1 aromatic heterocycles. The molecular weight excluding hydrogens is 326 g/mol. The second-order valence-electron chi connectivity index (χ2n) is 7.25. The number of hydrogen-bond acceptors (Lipinski definition) is 3. The Labute approximate surface area is 155 Å². The first-order valence-corrected chi connectivity index (χ1v) is 9.52. The van der Waals surface area contributed by atoms with E-state index in [1.807, 2.05) is 34.8 Å². The largest absolute Gasteiger partial charge is 0.395 e. The summed E-state index contributed by atoms with van der Waals surface area (Å²) in [7, 11) is 1.95. The highest BCUT2D eigenvalue weighted by Crippen LogP contribution is 2.34. The van der Waals surface area contributed by atoms with E-state index in [4.69, 9.17) is 0 Å². The molecule has 0 bridgehead atoms. The van der Waals surface area contributed by atoms with Crippen LogP contribution in [0.5, 0.6) is 0 Å². The van der Waals surface area contributed by atoms with E-state index < -0.39 is 0 Å². The van der Waals surface area contributed by atoms with Gasteiger partial charge in [-0.1, -0.05) is 44.2 Å². The number of aliphatic hydroxyl groups is 1. The minimum atomic E-state index is -0.340. The molecule has 1 aromatic carbocycles. The second-order valence-corrected chi connectivity index (χ2v) is 7.25. The molecule has 0 aliphatic carbocycles. The normalized spacial score (nSPS) is 19.9. The zero-order valence-electron chi connectivity index (χ0n) is 16.0. The number of carbonyl (C=O) groups excluding carboxylic acids is 1. The molecule has 2 aromatic rings. The molecule has 0 radical (unpaired) electrons. The van der Waals surface area contributed by atoms with Gasteiger partial charge in [0.15, 0.2) is 0 Å². The van der Waals surface area contributed by atoms with Crippen LogP contribution in [0.4, 0.5) is 0 Å². The van der Waals surface area contributed by atoms with Crippen molar-refractivity contribution >= 4 is 5.91 Å². The summed E-state index contributed by atoms with van der Waals surface area (Å²) in [6.07, 6.45) is 2.90. The molecule has 1 aliphatic rings. The van der Waals surface area contributed by atoms with Gasteiger partial charge < -0.3 is 10.0 Å². The van der Waals surface area contributed by atoms with Gasteiger partial charge in [0.2, 0.25) is 5.91 Å². The van der Waals surface area contributed by atoms with Gasteiger partial charge in [-0.15, -0.1) is 0 Å². The molecule has 1 aliphatic heterocycles. The Morgan fingerprint density at radius 3 is 2.58 bits per heavy atom. The number of rotatable bonds is 6. The van der Waals surface area contributed by atoms with E-state index in [1.165, 1.54) is 0 Å². The maximum Gasteiger partial charge on any atom is 0.227 e. The number of carbonyl (C=O) groups is 1. The molecule has 3 rings (SSSR count). The lowest BCUT2D eigenvalue weighted by atomic mass is 9.80. The summed E-state index contributed by atoms with van der Waals surface area (Å²) < 4.78 is 1.91. The highest BCUT2D eigenvalue weighted by Gasteiger charge is 2.41. The summed E-state index contributed by atoms with van der Waals surface area (Å²) in [4.78, 5) is 14.9. The van der Waals surface area contributed by atoms with Crippen LogP contribution in [-0.2, 0) is 36.5 Å².